The number of hydrogen-bond acceptors (Lipinski definition) is 3. The highest BCUT2D eigenvalue weighted by molar-refractivity contribution is 5.90. The van der Waals surface area contributed by atoms with E-state index < -0.39 is 5.97 Å². The van der Waals surface area contributed by atoms with Gasteiger partial charge in [-0.15, -0.1) is 0 Å². The van der Waals surface area contributed by atoms with E-state index in [1.54, 1.807) is 12.4 Å². The Morgan fingerprint density at radius 3 is 2.58 bits per heavy atom. The number of pyridine rings is 1. The lowest BCUT2D eigenvalue weighted by Gasteiger charge is -2.11. The Balaban J connectivity index is 2.00. The first-order chi connectivity index (χ1) is 11.7. The summed E-state index contributed by atoms with van der Waals surface area (Å²) in [5.41, 5.74) is 3.79. The molecule has 0 aliphatic heterocycles. The standard InChI is InChI=1S/C20H16N2O2/c21-12-16-6-5-15(18-3-1-2-4-19(16)18)11-17-13-22-10-9-14(17)7-8-20(23)24/h1-6,9-10,13H,7-8,11H2,(H,23,24). The average Bonchev–Trinajstić information content (AvgIpc) is 2.61. The quantitative estimate of drug-likeness (QED) is 0.778. The smallest absolute Gasteiger partial charge is 0.303 e. The van der Waals surface area contributed by atoms with Gasteiger partial charge in [-0.1, -0.05) is 30.3 Å². The molecule has 0 atom stereocenters. The maximum absolute atomic E-state index is 10.8. The predicted octanol–water partition coefficient (Wildman–Crippen LogP) is 3.71. The second-order valence-corrected chi connectivity index (χ2v) is 5.64. The largest absolute Gasteiger partial charge is 0.481 e. The van der Waals surface area contributed by atoms with Crippen LogP contribution in [-0.4, -0.2) is 16.1 Å². The van der Waals surface area contributed by atoms with Crippen LogP contribution in [0, 0.1) is 11.3 Å². The van der Waals surface area contributed by atoms with Crippen LogP contribution in [0.4, 0.5) is 0 Å². The van der Waals surface area contributed by atoms with E-state index in [9.17, 15) is 10.1 Å². The fourth-order valence-electron chi connectivity index (χ4n) is 2.92. The number of carboxylic acids is 1. The number of rotatable bonds is 5. The first-order valence-corrected chi connectivity index (χ1v) is 7.73. The monoisotopic (exact) mass is 316 g/mol. The van der Waals surface area contributed by atoms with Gasteiger partial charge < -0.3 is 5.11 Å². The van der Waals surface area contributed by atoms with Gasteiger partial charge in [0.25, 0.3) is 0 Å². The molecule has 24 heavy (non-hydrogen) atoms. The van der Waals surface area contributed by atoms with Gasteiger partial charge in [-0.2, -0.15) is 5.26 Å². The molecular formula is C20H16N2O2. The van der Waals surface area contributed by atoms with Gasteiger partial charge in [-0.25, -0.2) is 0 Å². The molecule has 1 N–H and O–H groups in total. The first kappa shape index (κ1) is 15.7. The van der Waals surface area contributed by atoms with Crippen LogP contribution in [0.15, 0.2) is 54.9 Å². The van der Waals surface area contributed by atoms with E-state index in [1.807, 2.05) is 42.5 Å². The number of nitriles is 1. The minimum absolute atomic E-state index is 0.102. The topological polar surface area (TPSA) is 74.0 Å². The molecule has 0 aliphatic carbocycles. The molecule has 3 rings (SSSR count). The van der Waals surface area contributed by atoms with E-state index in [0.717, 1.165) is 27.5 Å². The van der Waals surface area contributed by atoms with E-state index in [-0.39, 0.29) is 6.42 Å². The molecule has 0 saturated carbocycles. The van der Waals surface area contributed by atoms with Gasteiger partial charge in [-0.05, 0) is 52.4 Å². The van der Waals surface area contributed by atoms with Gasteiger partial charge in [0.05, 0.1) is 11.6 Å². The highest BCUT2D eigenvalue weighted by atomic mass is 16.4. The summed E-state index contributed by atoms with van der Waals surface area (Å²) in [4.78, 5) is 15.0. The van der Waals surface area contributed by atoms with E-state index in [1.165, 1.54) is 0 Å². The van der Waals surface area contributed by atoms with Crippen molar-refractivity contribution in [1.29, 1.82) is 5.26 Å². The van der Waals surface area contributed by atoms with Gasteiger partial charge >= 0.3 is 5.97 Å². The van der Waals surface area contributed by atoms with E-state index >= 15 is 0 Å². The van der Waals surface area contributed by atoms with Crippen molar-refractivity contribution in [3.8, 4) is 6.07 Å². The number of carbonyl (C=O) groups is 1. The maximum Gasteiger partial charge on any atom is 0.303 e. The van der Waals surface area contributed by atoms with Crippen molar-refractivity contribution in [2.24, 2.45) is 0 Å². The second-order valence-electron chi connectivity index (χ2n) is 5.64. The number of aromatic nitrogens is 1. The van der Waals surface area contributed by atoms with Crippen LogP contribution < -0.4 is 0 Å². The summed E-state index contributed by atoms with van der Waals surface area (Å²) in [6.07, 6.45) is 4.74. The fourth-order valence-corrected chi connectivity index (χ4v) is 2.92. The third-order valence-electron chi connectivity index (χ3n) is 4.13. The molecule has 0 aliphatic rings. The molecule has 4 nitrogen and oxygen atoms in total. The maximum atomic E-state index is 10.8. The number of benzene rings is 2. The molecule has 2 aromatic carbocycles. The molecule has 0 radical (unpaired) electrons. The lowest BCUT2D eigenvalue weighted by Crippen LogP contribution is -2.02. The fraction of sp³-hybridized carbons (Fsp3) is 0.150. The number of aliphatic carboxylic acids is 1. The Labute approximate surface area is 140 Å². The molecule has 0 unspecified atom stereocenters. The summed E-state index contributed by atoms with van der Waals surface area (Å²) < 4.78 is 0. The SMILES string of the molecule is N#Cc1ccc(Cc2cnccc2CCC(=O)O)c2ccccc12. The van der Waals surface area contributed by atoms with Crippen molar-refractivity contribution in [3.63, 3.8) is 0 Å². The van der Waals surface area contributed by atoms with E-state index in [4.69, 9.17) is 5.11 Å². The zero-order valence-corrected chi connectivity index (χ0v) is 13.1. The molecule has 0 saturated heterocycles. The number of hydrogen-bond donors (Lipinski definition) is 1. The molecule has 1 aromatic heterocycles. The average molecular weight is 316 g/mol. The molecule has 4 heteroatoms. The Bertz CT molecular complexity index is 942. The summed E-state index contributed by atoms with van der Waals surface area (Å²) in [7, 11) is 0. The predicted molar refractivity (Wildman–Crippen MR) is 91.7 cm³/mol. The number of fused-ring (bicyclic) bond motifs is 1. The van der Waals surface area contributed by atoms with Crippen molar-refractivity contribution >= 4 is 16.7 Å². The highest BCUT2D eigenvalue weighted by Crippen LogP contribution is 2.25. The van der Waals surface area contributed by atoms with Crippen molar-refractivity contribution in [1.82, 2.24) is 4.98 Å². The third-order valence-corrected chi connectivity index (χ3v) is 4.13. The van der Waals surface area contributed by atoms with Crippen LogP contribution in [-0.2, 0) is 17.6 Å². The lowest BCUT2D eigenvalue weighted by molar-refractivity contribution is -0.136. The van der Waals surface area contributed by atoms with Gasteiger partial charge in [0.1, 0.15) is 0 Å². The van der Waals surface area contributed by atoms with Gasteiger partial charge in [-0.3, -0.25) is 9.78 Å². The number of aryl methyl sites for hydroxylation is 1. The van der Waals surface area contributed by atoms with Crippen molar-refractivity contribution < 1.29 is 9.90 Å². The van der Waals surface area contributed by atoms with Crippen molar-refractivity contribution in [2.45, 2.75) is 19.3 Å². The molecule has 0 fully saturated rings. The van der Waals surface area contributed by atoms with E-state index in [0.29, 0.717) is 18.4 Å². The zero-order chi connectivity index (χ0) is 16.9. The van der Waals surface area contributed by atoms with Crippen molar-refractivity contribution in [3.05, 3.63) is 77.1 Å². The lowest BCUT2D eigenvalue weighted by atomic mass is 9.93. The second kappa shape index (κ2) is 6.93. The summed E-state index contributed by atoms with van der Waals surface area (Å²) >= 11 is 0. The zero-order valence-electron chi connectivity index (χ0n) is 13.1. The summed E-state index contributed by atoms with van der Waals surface area (Å²) in [6, 6.07) is 15.8. The minimum Gasteiger partial charge on any atom is -0.481 e. The third kappa shape index (κ3) is 3.26. The molecule has 0 bridgehead atoms. The Morgan fingerprint density at radius 1 is 1.04 bits per heavy atom. The highest BCUT2D eigenvalue weighted by Gasteiger charge is 2.10. The van der Waals surface area contributed by atoms with Crippen LogP contribution in [0.2, 0.25) is 0 Å². The molecule has 0 amide bonds. The van der Waals surface area contributed by atoms with E-state index in [2.05, 4.69) is 11.1 Å². The van der Waals surface area contributed by atoms with Gasteiger partial charge in [0, 0.05) is 18.8 Å². The van der Waals surface area contributed by atoms with Crippen LogP contribution in [0.5, 0.6) is 0 Å². The normalized spacial score (nSPS) is 10.5. The van der Waals surface area contributed by atoms with Crippen molar-refractivity contribution in [2.75, 3.05) is 0 Å². The minimum atomic E-state index is -0.804. The molecule has 0 spiro atoms. The van der Waals surface area contributed by atoms with Crippen LogP contribution in [0.25, 0.3) is 10.8 Å². The summed E-state index contributed by atoms with van der Waals surface area (Å²) in [5.74, 6) is -0.804. The van der Waals surface area contributed by atoms with Crippen LogP contribution >= 0.6 is 0 Å². The Kier molecular flexibility index (Phi) is 4.53. The van der Waals surface area contributed by atoms with Gasteiger partial charge in [0.2, 0.25) is 0 Å². The first-order valence-electron chi connectivity index (χ1n) is 7.73. The molecular weight excluding hydrogens is 300 g/mol. The Morgan fingerprint density at radius 2 is 1.83 bits per heavy atom. The van der Waals surface area contributed by atoms with Crippen LogP contribution in [0.1, 0.15) is 28.7 Å². The van der Waals surface area contributed by atoms with Gasteiger partial charge in [0.15, 0.2) is 0 Å². The number of nitrogens with zero attached hydrogens (tertiary/aromatic N) is 2. The molecule has 118 valence electrons. The summed E-state index contributed by atoms with van der Waals surface area (Å²) in [6.45, 7) is 0. The Hall–Kier alpha value is -3.19. The van der Waals surface area contributed by atoms with Crippen LogP contribution in [0.3, 0.4) is 0 Å². The molecule has 3 aromatic rings. The molecule has 1 heterocycles. The summed E-state index contributed by atoms with van der Waals surface area (Å²) in [5, 5.41) is 20.2. The number of carboxylic acid groups (broad SMARTS) is 1.